The molecule has 328 valence electrons. The average molecular weight is 946 g/mol. The van der Waals surface area contributed by atoms with Crippen LogP contribution in [0.1, 0.15) is 28.5 Å². The molecular formula is C47H38Cl2N8O6S2. The van der Waals surface area contributed by atoms with Crippen LogP contribution in [0, 0.1) is 6.92 Å². The van der Waals surface area contributed by atoms with Gasteiger partial charge in [0.2, 0.25) is 11.8 Å². The second-order valence-electron chi connectivity index (χ2n) is 15.6. The van der Waals surface area contributed by atoms with Crippen LogP contribution < -0.4 is 20.4 Å². The summed E-state index contributed by atoms with van der Waals surface area (Å²) in [5, 5.41) is 6.21. The molecule has 8 aromatic rings. The van der Waals surface area contributed by atoms with E-state index in [0.29, 0.717) is 96.9 Å². The van der Waals surface area contributed by atoms with Gasteiger partial charge in [-0.05, 0) is 115 Å². The molecule has 0 radical (unpaired) electrons. The zero-order valence-electron chi connectivity index (χ0n) is 34.5. The molecule has 14 nitrogen and oxygen atoms in total. The zero-order chi connectivity index (χ0) is 44.8. The molecule has 2 atom stereocenters. The highest BCUT2D eigenvalue weighted by Crippen LogP contribution is 2.40. The summed E-state index contributed by atoms with van der Waals surface area (Å²) in [6, 6.07) is 30.8. The number of thiophene rings is 2. The van der Waals surface area contributed by atoms with Gasteiger partial charge in [-0.25, -0.2) is 9.97 Å². The number of anilines is 4. The molecule has 0 saturated carbocycles. The fourth-order valence-corrected chi connectivity index (χ4v) is 10.3. The van der Waals surface area contributed by atoms with E-state index < -0.39 is 23.7 Å². The van der Waals surface area contributed by atoms with Crippen LogP contribution in [-0.2, 0) is 28.7 Å². The van der Waals surface area contributed by atoms with E-state index in [1.54, 1.807) is 52.3 Å². The number of nitrogens with one attached hydrogen (secondary N) is 4. The first kappa shape index (κ1) is 42.5. The normalized spacial score (nSPS) is 15.4. The van der Waals surface area contributed by atoms with Gasteiger partial charge in [0.15, 0.2) is 0 Å². The standard InChI is InChI=1S/C47H38Cl2N8O6S2/c1-25-20-29(6-11-35(25)57-17-19-63-24-41(57)59)51-47(61)43(27-3-10-32-34(22-27)55-45(53-32)37-13-15-39(49)65-37)42(26-2-9-31-33(21-26)54-44(52-31)36-12-14-38(48)64-36)46(60)50-28-4-7-30(8-5-28)56-16-18-62-23-40(56)58/h2-15,20-22,42-43H,16-19,23-24H2,1H3,(H,50,60)(H,51,61)(H,52,54)(H,53,55). The lowest BCUT2D eigenvalue weighted by atomic mass is 9.79. The van der Waals surface area contributed by atoms with Crippen molar-refractivity contribution in [3.05, 3.63) is 128 Å². The van der Waals surface area contributed by atoms with Crippen molar-refractivity contribution < 1.29 is 28.7 Å². The number of aromatic nitrogens is 4. The van der Waals surface area contributed by atoms with Gasteiger partial charge in [-0.3, -0.25) is 19.2 Å². The predicted octanol–water partition coefficient (Wildman–Crippen LogP) is 9.38. The van der Waals surface area contributed by atoms with Gasteiger partial charge in [-0.15, -0.1) is 22.7 Å². The molecule has 2 unspecified atom stereocenters. The Bertz CT molecular complexity index is 3140. The van der Waals surface area contributed by atoms with Gasteiger partial charge in [0, 0.05) is 35.8 Å². The number of carbonyl (C=O) groups excluding carboxylic acids is 4. The lowest BCUT2D eigenvalue weighted by Crippen LogP contribution is -2.42. The molecule has 0 spiro atoms. The third kappa shape index (κ3) is 8.76. The number of ether oxygens (including phenoxy) is 2. The van der Waals surface area contributed by atoms with Crippen LogP contribution in [0.25, 0.3) is 43.5 Å². The lowest BCUT2D eigenvalue weighted by Gasteiger charge is -2.29. The average Bonchev–Trinajstić information content (AvgIpc) is 4.12. The SMILES string of the molecule is Cc1cc(NC(=O)C(c2ccc3nc(-c4ccc(Cl)s4)[nH]c3c2)C(C(=O)Nc2ccc(N3CCOCC3=O)cc2)c2ccc3nc(-c4ccc(Cl)s4)[nH]c3c2)ccc1N1CCOCC1=O. The summed E-state index contributed by atoms with van der Waals surface area (Å²) in [4.78, 5) is 77.1. The number of aryl methyl sites for hydroxylation is 1. The Morgan fingerprint density at radius 3 is 1.65 bits per heavy atom. The molecule has 4 aromatic heterocycles. The van der Waals surface area contributed by atoms with Crippen molar-refractivity contribution in [2.75, 3.05) is 60.0 Å². The number of hydrogen-bond acceptors (Lipinski definition) is 10. The molecule has 0 aliphatic carbocycles. The number of fused-ring (bicyclic) bond motifs is 2. The topological polar surface area (TPSA) is 175 Å². The number of aromatic amines is 2. The molecule has 2 aliphatic heterocycles. The van der Waals surface area contributed by atoms with Crippen molar-refractivity contribution in [1.29, 1.82) is 0 Å². The third-order valence-corrected chi connectivity index (χ3v) is 13.9. The molecule has 2 saturated heterocycles. The zero-order valence-corrected chi connectivity index (χ0v) is 37.7. The van der Waals surface area contributed by atoms with E-state index in [1.165, 1.54) is 22.7 Å². The van der Waals surface area contributed by atoms with Crippen molar-refractivity contribution in [3.8, 4) is 21.4 Å². The van der Waals surface area contributed by atoms with E-state index in [2.05, 4.69) is 20.6 Å². The van der Waals surface area contributed by atoms with Gasteiger partial charge in [0.25, 0.3) is 11.8 Å². The van der Waals surface area contributed by atoms with Crippen molar-refractivity contribution >= 4 is 114 Å². The number of benzene rings is 4. The maximum Gasteiger partial charge on any atom is 0.253 e. The van der Waals surface area contributed by atoms with E-state index in [1.807, 2.05) is 67.6 Å². The Kier molecular flexibility index (Phi) is 11.7. The molecule has 2 aliphatic rings. The number of imidazole rings is 2. The quantitative estimate of drug-likeness (QED) is 0.0993. The van der Waals surface area contributed by atoms with E-state index >= 15 is 9.59 Å². The Morgan fingerprint density at radius 2 is 1.15 bits per heavy atom. The Labute approximate surface area is 389 Å². The molecule has 65 heavy (non-hydrogen) atoms. The van der Waals surface area contributed by atoms with E-state index in [0.717, 1.165) is 21.0 Å². The van der Waals surface area contributed by atoms with Crippen molar-refractivity contribution in [2.24, 2.45) is 0 Å². The maximum absolute atomic E-state index is 15.2. The summed E-state index contributed by atoms with van der Waals surface area (Å²) < 4.78 is 11.9. The highest BCUT2D eigenvalue weighted by atomic mass is 35.5. The number of nitrogens with zero attached hydrogens (tertiary/aromatic N) is 4. The van der Waals surface area contributed by atoms with Gasteiger partial charge < -0.3 is 39.9 Å². The fourth-order valence-electron chi connectivity index (χ4n) is 8.31. The van der Waals surface area contributed by atoms with Gasteiger partial charge >= 0.3 is 0 Å². The Balaban J connectivity index is 1.07. The highest BCUT2D eigenvalue weighted by Gasteiger charge is 2.38. The molecule has 2 fully saturated rings. The molecule has 0 bridgehead atoms. The van der Waals surface area contributed by atoms with Gasteiger partial charge in [-0.2, -0.15) is 0 Å². The molecule has 4 aromatic carbocycles. The number of H-pyrrole nitrogens is 2. The van der Waals surface area contributed by atoms with E-state index in [-0.39, 0.29) is 25.0 Å². The number of hydrogen-bond donors (Lipinski definition) is 4. The second-order valence-corrected chi connectivity index (χ2v) is 19.0. The van der Waals surface area contributed by atoms with Crippen LogP contribution in [0.4, 0.5) is 22.7 Å². The first-order valence-corrected chi connectivity index (χ1v) is 23.0. The fraction of sp³-hybridized carbons (Fsp3) is 0.191. The summed E-state index contributed by atoms with van der Waals surface area (Å²) in [7, 11) is 0. The molecule has 4 N–H and O–H groups in total. The number of carbonyl (C=O) groups is 4. The first-order chi connectivity index (χ1) is 31.5. The van der Waals surface area contributed by atoms with Crippen molar-refractivity contribution in [1.82, 2.24) is 19.9 Å². The largest absolute Gasteiger partial charge is 0.370 e. The van der Waals surface area contributed by atoms with Crippen LogP contribution in [0.5, 0.6) is 0 Å². The minimum absolute atomic E-state index is 0.00183. The number of halogens is 2. The minimum atomic E-state index is -1.12. The van der Waals surface area contributed by atoms with Crippen LogP contribution >= 0.6 is 45.9 Å². The first-order valence-electron chi connectivity index (χ1n) is 20.6. The Hall–Kier alpha value is -6.40. The van der Waals surface area contributed by atoms with E-state index in [4.69, 9.17) is 42.6 Å². The minimum Gasteiger partial charge on any atom is -0.370 e. The predicted molar refractivity (Wildman–Crippen MR) is 256 cm³/mol. The highest BCUT2D eigenvalue weighted by molar-refractivity contribution is 7.19. The number of rotatable bonds is 11. The van der Waals surface area contributed by atoms with Gasteiger partial charge in [0.1, 0.15) is 24.9 Å². The molecule has 4 amide bonds. The third-order valence-electron chi connectivity index (χ3n) is 11.4. The lowest BCUT2D eigenvalue weighted by molar-refractivity contribution is -0.126. The summed E-state index contributed by atoms with van der Waals surface area (Å²) in [6.45, 7) is 3.55. The summed E-state index contributed by atoms with van der Waals surface area (Å²) in [5.41, 5.74) is 6.85. The molecular weight excluding hydrogens is 908 g/mol. The maximum atomic E-state index is 15.2. The monoisotopic (exact) mass is 944 g/mol. The second kappa shape index (κ2) is 17.9. The van der Waals surface area contributed by atoms with Crippen LogP contribution in [-0.4, -0.2) is 83.1 Å². The van der Waals surface area contributed by atoms with Crippen molar-refractivity contribution in [2.45, 2.75) is 18.8 Å². The van der Waals surface area contributed by atoms with E-state index in [9.17, 15) is 9.59 Å². The summed E-state index contributed by atoms with van der Waals surface area (Å²) in [5.74, 6) is -2.21. The Morgan fingerprint density at radius 1 is 0.646 bits per heavy atom. The molecule has 6 heterocycles. The van der Waals surface area contributed by atoms with Crippen LogP contribution in [0.3, 0.4) is 0 Å². The molecule has 10 rings (SSSR count). The molecule has 18 heteroatoms. The number of morpholine rings is 2. The van der Waals surface area contributed by atoms with Gasteiger partial charge in [0.05, 0.1) is 65.5 Å². The summed E-state index contributed by atoms with van der Waals surface area (Å²) in [6.07, 6.45) is 0. The van der Waals surface area contributed by atoms with Crippen LogP contribution in [0.2, 0.25) is 8.67 Å². The van der Waals surface area contributed by atoms with Crippen LogP contribution in [0.15, 0.2) is 103 Å². The van der Waals surface area contributed by atoms with Crippen molar-refractivity contribution in [3.63, 3.8) is 0 Å². The summed E-state index contributed by atoms with van der Waals surface area (Å²) >= 11 is 15.3. The van der Waals surface area contributed by atoms with Gasteiger partial charge in [-0.1, -0.05) is 35.3 Å². The number of amides is 4. The smallest absolute Gasteiger partial charge is 0.253 e.